The molecule has 0 aliphatic carbocycles. The van der Waals surface area contributed by atoms with Gasteiger partial charge in [0.15, 0.2) is 11.6 Å². The molecule has 2 aromatic rings. The van der Waals surface area contributed by atoms with Gasteiger partial charge in [-0.2, -0.15) is 4.98 Å². The summed E-state index contributed by atoms with van der Waals surface area (Å²) >= 11 is 1.69. The van der Waals surface area contributed by atoms with Gasteiger partial charge in [0.2, 0.25) is 5.95 Å². The molecule has 0 atom stereocenters. The summed E-state index contributed by atoms with van der Waals surface area (Å²) in [6.07, 6.45) is 1.25. The number of anilines is 2. The fourth-order valence-corrected chi connectivity index (χ4v) is 3.23. The summed E-state index contributed by atoms with van der Waals surface area (Å²) in [6, 6.07) is 0. The molecule has 0 N–H and O–H groups in total. The average Bonchev–Trinajstić information content (AvgIpc) is 2.93. The van der Waals surface area contributed by atoms with Crippen LogP contribution < -0.4 is 9.80 Å². The molecule has 0 saturated carbocycles. The van der Waals surface area contributed by atoms with E-state index in [1.165, 1.54) is 6.20 Å². The minimum Gasteiger partial charge on any atom is -0.360 e. The van der Waals surface area contributed by atoms with Crippen molar-refractivity contribution in [3.8, 4) is 0 Å². The lowest BCUT2D eigenvalue weighted by Crippen LogP contribution is -2.46. The van der Waals surface area contributed by atoms with E-state index in [0.717, 1.165) is 43.4 Å². The van der Waals surface area contributed by atoms with Gasteiger partial charge < -0.3 is 9.80 Å². The zero-order valence-corrected chi connectivity index (χ0v) is 14.5. The molecule has 8 heteroatoms. The second kappa shape index (κ2) is 6.76. The van der Waals surface area contributed by atoms with Gasteiger partial charge >= 0.3 is 0 Å². The Balaban J connectivity index is 1.61. The number of hydrogen-bond donors (Lipinski definition) is 0. The Morgan fingerprint density at radius 1 is 1.22 bits per heavy atom. The van der Waals surface area contributed by atoms with Crippen molar-refractivity contribution in [1.29, 1.82) is 0 Å². The molecule has 3 rings (SSSR count). The molecule has 1 aliphatic heterocycles. The number of aromatic nitrogens is 3. The maximum Gasteiger partial charge on any atom is 0.227 e. The molecule has 1 saturated heterocycles. The Labute approximate surface area is 139 Å². The number of rotatable bonds is 4. The van der Waals surface area contributed by atoms with Crippen LogP contribution in [-0.4, -0.2) is 60.1 Å². The third-order valence-corrected chi connectivity index (χ3v) is 4.67. The molecule has 124 valence electrons. The predicted molar refractivity (Wildman–Crippen MR) is 90.7 cm³/mol. The number of piperazine rings is 1. The van der Waals surface area contributed by atoms with Gasteiger partial charge in [0, 0.05) is 52.2 Å². The van der Waals surface area contributed by atoms with E-state index in [1.54, 1.807) is 30.3 Å². The molecule has 2 aromatic heterocycles. The highest BCUT2D eigenvalue weighted by Gasteiger charge is 2.21. The summed E-state index contributed by atoms with van der Waals surface area (Å²) in [5.41, 5.74) is 1.13. The summed E-state index contributed by atoms with van der Waals surface area (Å²) in [6.45, 7) is 6.43. The van der Waals surface area contributed by atoms with Crippen LogP contribution in [0.4, 0.5) is 16.2 Å². The van der Waals surface area contributed by atoms with E-state index < -0.39 is 5.82 Å². The molecule has 1 aliphatic rings. The first-order chi connectivity index (χ1) is 11.0. The minimum atomic E-state index is -0.392. The topological polar surface area (TPSA) is 48.4 Å². The van der Waals surface area contributed by atoms with E-state index in [9.17, 15) is 4.39 Å². The zero-order valence-electron chi connectivity index (χ0n) is 13.7. The molecular weight excluding hydrogens is 315 g/mol. The lowest BCUT2D eigenvalue weighted by Gasteiger charge is -2.34. The second-order valence-corrected chi connectivity index (χ2v) is 6.92. The van der Waals surface area contributed by atoms with Crippen molar-refractivity contribution in [3.63, 3.8) is 0 Å². The summed E-state index contributed by atoms with van der Waals surface area (Å²) in [7, 11) is 3.56. The SMILES string of the molecule is Cc1nc(CN2CCN(c3ncc(F)c(N(C)C)n3)CC2)cs1. The predicted octanol–water partition coefficient (Wildman–Crippen LogP) is 1.77. The molecule has 0 unspecified atom stereocenters. The molecule has 0 aromatic carbocycles. The molecule has 1 fully saturated rings. The molecule has 3 heterocycles. The zero-order chi connectivity index (χ0) is 16.4. The summed E-state index contributed by atoms with van der Waals surface area (Å²) in [5, 5.41) is 3.23. The summed E-state index contributed by atoms with van der Waals surface area (Å²) in [5.74, 6) is 0.533. The molecule has 0 amide bonds. The van der Waals surface area contributed by atoms with Crippen molar-refractivity contribution in [1.82, 2.24) is 19.9 Å². The maximum atomic E-state index is 13.7. The van der Waals surface area contributed by atoms with Crippen LogP contribution in [-0.2, 0) is 6.54 Å². The fraction of sp³-hybridized carbons (Fsp3) is 0.533. The van der Waals surface area contributed by atoms with E-state index in [-0.39, 0.29) is 0 Å². The first-order valence-corrected chi connectivity index (χ1v) is 8.49. The lowest BCUT2D eigenvalue weighted by molar-refractivity contribution is 0.246. The van der Waals surface area contributed by atoms with E-state index >= 15 is 0 Å². The summed E-state index contributed by atoms with van der Waals surface area (Å²) < 4.78 is 13.7. The van der Waals surface area contributed by atoms with Crippen LogP contribution >= 0.6 is 11.3 Å². The lowest BCUT2D eigenvalue weighted by atomic mass is 10.3. The summed E-state index contributed by atoms with van der Waals surface area (Å²) in [4.78, 5) is 19.2. The third kappa shape index (κ3) is 3.76. The van der Waals surface area contributed by atoms with Gasteiger partial charge in [-0.1, -0.05) is 0 Å². The standard InChI is InChI=1S/C15H21FN6S/c1-11-18-12(10-23-11)9-21-4-6-22(7-5-21)15-17-8-13(16)14(19-15)20(2)3/h8,10H,4-7,9H2,1-3H3. The molecule has 0 spiro atoms. The minimum absolute atomic E-state index is 0.329. The van der Waals surface area contributed by atoms with Crippen molar-refractivity contribution in [2.45, 2.75) is 13.5 Å². The Hall–Kier alpha value is -1.80. The highest BCUT2D eigenvalue weighted by atomic mass is 32.1. The highest BCUT2D eigenvalue weighted by molar-refractivity contribution is 7.09. The molecule has 0 radical (unpaired) electrons. The van der Waals surface area contributed by atoms with E-state index in [2.05, 4.69) is 30.1 Å². The van der Waals surface area contributed by atoms with Crippen LogP contribution in [0.3, 0.4) is 0 Å². The normalized spacial score (nSPS) is 15.9. The van der Waals surface area contributed by atoms with Crippen molar-refractivity contribution >= 4 is 23.1 Å². The van der Waals surface area contributed by atoms with Crippen molar-refractivity contribution < 1.29 is 4.39 Å². The monoisotopic (exact) mass is 336 g/mol. The van der Waals surface area contributed by atoms with Crippen LogP contribution in [0, 0.1) is 12.7 Å². The first-order valence-electron chi connectivity index (χ1n) is 7.61. The van der Waals surface area contributed by atoms with Gasteiger partial charge in [-0.15, -0.1) is 11.3 Å². The van der Waals surface area contributed by atoms with Gasteiger partial charge in [0.1, 0.15) is 0 Å². The molecule has 6 nitrogen and oxygen atoms in total. The average molecular weight is 336 g/mol. The Morgan fingerprint density at radius 3 is 2.57 bits per heavy atom. The van der Waals surface area contributed by atoms with Crippen LogP contribution in [0.15, 0.2) is 11.6 Å². The smallest absolute Gasteiger partial charge is 0.227 e. The van der Waals surface area contributed by atoms with Gasteiger partial charge in [0.25, 0.3) is 0 Å². The Bertz CT molecular complexity index is 666. The van der Waals surface area contributed by atoms with Gasteiger partial charge in [-0.25, -0.2) is 14.4 Å². The van der Waals surface area contributed by atoms with Crippen LogP contribution in [0.1, 0.15) is 10.7 Å². The van der Waals surface area contributed by atoms with Crippen LogP contribution in [0.5, 0.6) is 0 Å². The highest BCUT2D eigenvalue weighted by Crippen LogP contribution is 2.19. The molecular formula is C15H21FN6S. The van der Waals surface area contributed by atoms with E-state index in [0.29, 0.717) is 11.8 Å². The first kappa shape index (κ1) is 16.1. The second-order valence-electron chi connectivity index (χ2n) is 5.86. The van der Waals surface area contributed by atoms with Gasteiger partial charge in [0.05, 0.1) is 16.9 Å². The quantitative estimate of drug-likeness (QED) is 0.848. The number of thiazole rings is 1. The number of halogens is 1. The van der Waals surface area contributed by atoms with E-state index in [1.807, 2.05) is 6.92 Å². The fourth-order valence-electron chi connectivity index (χ4n) is 2.63. The number of nitrogens with zero attached hydrogens (tertiary/aromatic N) is 6. The van der Waals surface area contributed by atoms with Crippen molar-refractivity contribution in [2.24, 2.45) is 0 Å². The maximum absolute atomic E-state index is 13.7. The molecule has 0 bridgehead atoms. The van der Waals surface area contributed by atoms with Crippen molar-refractivity contribution in [2.75, 3.05) is 50.1 Å². The van der Waals surface area contributed by atoms with Crippen LogP contribution in [0.2, 0.25) is 0 Å². The largest absolute Gasteiger partial charge is 0.360 e. The van der Waals surface area contributed by atoms with Gasteiger partial charge in [-0.3, -0.25) is 4.90 Å². The van der Waals surface area contributed by atoms with Crippen molar-refractivity contribution in [3.05, 3.63) is 28.1 Å². The molecule has 23 heavy (non-hydrogen) atoms. The Kier molecular flexibility index (Phi) is 4.72. The third-order valence-electron chi connectivity index (χ3n) is 3.84. The number of hydrogen-bond acceptors (Lipinski definition) is 7. The Morgan fingerprint density at radius 2 is 1.96 bits per heavy atom. The van der Waals surface area contributed by atoms with E-state index in [4.69, 9.17) is 0 Å². The number of aryl methyl sites for hydroxylation is 1. The van der Waals surface area contributed by atoms with Gasteiger partial charge in [-0.05, 0) is 6.92 Å². The van der Waals surface area contributed by atoms with Crippen LogP contribution in [0.25, 0.3) is 0 Å².